The minimum Gasteiger partial charge on any atom is -0.341 e. The van der Waals surface area contributed by atoms with Crippen LogP contribution in [0.15, 0.2) is 0 Å². The Hall–Kier alpha value is -0.290. The van der Waals surface area contributed by atoms with Crippen molar-refractivity contribution >= 4 is 25.6 Å². The van der Waals surface area contributed by atoms with Gasteiger partial charge in [-0.25, -0.2) is 8.42 Å². The van der Waals surface area contributed by atoms with Crippen molar-refractivity contribution in [1.82, 2.24) is 4.90 Å². The smallest absolute Gasteiger partial charge is 0.237 e. The molecule has 88 valence electrons. The van der Waals surface area contributed by atoms with Crippen LogP contribution < -0.4 is 0 Å². The van der Waals surface area contributed by atoms with Gasteiger partial charge in [0.05, 0.1) is 0 Å². The zero-order valence-electron chi connectivity index (χ0n) is 9.16. The molecule has 0 aromatic rings. The van der Waals surface area contributed by atoms with Crippen LogP contribution in [-0.4, -0.2) is 37.6 Å². The molecule has 1 aliphatic rings. The molecule has 1 heterocycles. The van der Waals surface area contributed by atoms with Crippen molar-refractivity contribution in [3.8, 4) is 0 Å². The highest BCUT2D eigenvalue weighted by Gasteiger charge is 2.38. The number of hydrogen-bond acceptors (Lipinski definition) is 3. The second-order valence-electron chi connectivity index (χ2n) is 5.14. The standard InChI is InChI=1S/C9H16ClNO3S/c1-9(2,3)6-11-5-7(4-8(11)12)15(10,13)14/h7H,4-6H2,1-3H3. The topological polar surface area (TPSA) is 54.5 Å². The van der Waals surface area contributed by atoms with Crippen LogP contribution in [0.3, 0.4) is 0 Å². The zero-order chi connectivity index (χ0) is 11.9. The van der Waals surface area contributed by atoms with Gasteiger partial charge in [0.1, 0.15) is 5.25 Å². The van der Waals surface area contributed by atoms with E-state index in [1.54, 1.807) is 4.90 Å². The fourth-order valence-electron chi connectivity index (χ4n) is 1.65. The van der Waals surface area contributed by atoms with Crippen LogP contribution in [0.4, 0.5) is 0 Å². The van der Waals surface area contributed by atoms with Crippen molar-refractivity contribution in [3.05, 3.63) is 0 Å². The maximum Gasteiger partial charge on any atom is 0.237 e. The summed E-state index contributed by atoms with van der Waals surface area (Å²) in [6, 6.07) is 0. The molecule has 1 rings (SSSR count). The molecule has 1 atom stereocenters. The van der Waals surface area contributed by atoms with Gasteiger partial charge < -0.3 is 4.90 Å². The van der Waals surface area contributed by atoms with Crippen LogP contribution in [0.25, 0.3) is 0 Å². The van der Waals surface area contributed by atoms with E-state index < -0.39 is 14.3 Å². The molecule has 0 bridgehead atoms. The summed E-state index contributed by atoms with van der Waals surface area (Å²) < 4.78 is 22.2. The molecule has 15 heavy (non-hydrogen) atoms. The van der Waals surface area contributed by atoms with Gasteiger partial charge in [-0.2, -0.15) is 0 Å². The minimum absolute atomic E-state index is 0.0158. The van der Waals surface area contributed by atoms with Gasteiger partial charge >= 0.3 is 0 Å². The van der Waals surface area contributed by atoms with Gasteiger partial charge in [-0.15, -0.1) is 0 Å². The molecule has 1 unspecified atom stereocenters. The van der Waals surface area contributed by atoms with Crippen LogP contribution in [0.5, 0.6) is 0 Å². The minimum atomic E-state index is -3.61. The Kier molecular flexibility index (Phi) is 3.36. The lowest BCUT2D eigenvalue weighted by Gasteiger charge is -2.26. The van der Waals surface area contributed by atoms with Crippen molar-refractivity contribution in [3.63, 3.8) is 0 Å². The van der Waals surface area contributed by atoms with E-state index in [4.69, 9.17) is 10.7 Å². The van der Waals surface area contributed by atoms with Gasteiger partial charge in [-0.3, -0.25) is 4.79 Å². The molecule has 0 saturated carbocycles. The molecule has 1 aliphatic heterocycles. The lowest BCUT2D eigenvalue weighted by molar-refractivity contribution is -0.128. The summed E-state index contributed by atoms with van der Waals surface area (Å²) in [6.07, 6.45) is 0.0158. The third-order valence-corrected chi connectivity index (χ3v) is 4.11. The molecule has 0 aromatic carbocycles. The molecule has 0 radical (unpaired) electrons. The van der Waals surface area contributed by atoms with Crippen LogP contribution in [-0.2, 0) is 13.8 Å². The highest BCUT2D eigenvalue weighted by atomic mass is 35.7. The van der Waals surface area contributed by atoms with Gasteiger partial charge in [0, 0.05) is 30.2 Å². The average molecular weight is 254 g/mol. The van der Waals surface area contributed by atoms with Gasteiger partial charge in [0.25, 0.3) is 0 Å². The summed E-state index contributed by atoms with van der Waals surface area (Å²) >= 11 is 0. The summed E-state index contributed by atoms with van der Waals surface area (Å²) in [7, 11) is 1.62. The highest BCUT2D eigenvalue weighted by molar-refractivity contribution is 8.14. The van der Waals surface area contributed by atoms with Crippen molar-refractivity contribution < 1.29 is 13.2 Å². The van der Waals surface area contributed by atoms with Crippen LogP contribution in [0.2, 0.25) is 0 Å². The third-order valence-electron chi connectivity index (χ3n) is 2.24. The number of likely N-dealkylation sites (tertiary alicyclic amines) is 1. The predicted octanol–water partition coefficient (Wildman–Crippen LogP) is 1.20. The van der Waals surface area contributed by atoms with Gasteiger partial charge in [0.2, 0.25) is 15.0 Å². The molecular weight excluding hydrogens is 238 g/mol. The molecule has 6 heteroatoms. The van der Waals surface area contributed by atoms with Gasteiger partial charge in [0.15, 0.2) is 0 Å². The SMILES string of the molecule is CC(C)(C)CN1CC(S(=O)(=O)Cl)CC1=O. The van der Waals surface area contributed by atoms with Crippen molar-refractivity contribution in [2.45, 2.75) is 32.4 Å². The second-order valence-corrected chi connectivity index (χ2v) is 8.04. The molecule has 1 saturated heterocycles. The van der Waals surface area contributed by atoms with Crippen molar-refractivity contribution in [1.29, 1.82) is 0 Å². The Morgan fingerprint density at radius 2 is 2.00 bits per heavy atom. The number of rotatable bonds is 2. The van der Waals surface area contributed by atoms with Crippen molar-refractivity contribution in [2.24, 2.45) is 5.41 Å². The number of carbonyl (C=O) groups excluding carboxylic acids is 1. The largest absolute Gasteiger partial charge is 0.341 e. The first kappa shape index (κ1) is 12.8. The van der Waals surface area contributed by atoms with Crippen LogP contribution in [0.1, 0.15) is 27.2 Å². The van der Waals surface area contributed by atoms with E-state index in [1.165, 1.54) is 0 Å². The Bertz CT molecular complexity index is 358. The Labute approximate surface area is 95.0 Å². The van der Waals surface area contributed by atoms with Gasteiger partial charge in [-0.1, -0.05) is 20.8 Å². The number of carbonyl (C=O) groups is 1. The lowest BCUT2D eigenvalue weighted by Crippen LogP contribution is -2.34. The summed E-state index contributed by atoms with van der Waals surface area (Å²) in [5.74, 6) is -0.126. The predicted molar refractivity (Wildman–Crippen MR) is 59.2 cm³/mol. The van der Waals surface area contributed by atoms with E-state index in [-0.39, 0.29) is 24.3 Å². The van der Waals surface area contributed by atoms with Crippen LogP contribution >= 0.6 is 10.7 Å². The maximum atomic E-state index is 11.5. The quantitative estimate of drug-likeness (QED) is 0.695. The Morgan fingerprint density at radius 3 is 2.33 bits per heavy atom. The highest BCUT2D eigenvalue weighted by Crippen LogP contribution is 2.25. The molecule has 0 aliphatic carbocycles. The Balaban J connectivity index is 2.70. The molecule has 4 nitrogen and oxygen atoms in total. The number of halogens is 1. The van der Waals surface area contributed by atoms with E-state index in [1.807, 2.05) is 20.8 Å². The maximum absolute atomic E-state index is 11.5. The molecule has 0 aromatic heterocycles. The summed E-state index contributed by atoms with van der Waals surface area (Å²) in [5.41, 5.74) is -0.0272. The number of amides is 1. The molecule has 1 amide bonds. The zero-order valence-corrected chi connectivity index (χ0v) is 10.7. The fraction of sp³-hybridized carbons (Fsp3) is 0.889. The Morgan fingerprint density at radius 1 is 1.47 bits per heavy atom. The van der Waals surface area contributed by atoms with Crippen molar-refractivity contribution in [2.75, 3.05) is 13.1 Å². The molecule has 0 N–H and O–H groups in total. The summed E-state index contributed by atoms with van der Waals surface area (Å²) in [5, 5.41) is -0.742. The summed E-state index contributed by atoms with van der Waals surface area (Å²) in [4.78, 5) is 13.1. The van der Waals surface area contributed by atoms with E-state index >= 15 is 0 Å². The number of hydrogen-bond donors (Lipinski definition) is 0. The normalized spacial score (nSPS) is 23.6. The third kappa shape index (κ3) is 3.65. The first-order valence-corrected chi connectivity index (χ1v) is 7.18. The second kappa shape index (κ2) is 3.94. The van der Waals surface area contributed by atoms with E-state index in [9.17, 15) is 13.2 Å². The molecule has 1 fully saturated rings. The van der Waals surface area contributed by atoms with Gasteiger partial charge in [-0.05, 0) is 5.41 Å². The average Bonchev–Trinajstić information content (AvgIpc) is 2.27. The number of nitrogens with zero attached hydrogens (tertiary/aromatic N) is 1. The fourth-order valence-corrected chi connectivity index (χ4v) is 2.71. The summed E-state index contributed by atoms with van der Waals surface area (Å²) in [6.45, 7) is 6.80. The van der Waals surface area contributed by atoms with E-state index in [0.717, 1.165) is 0 Å². The van der Waals surface area contributed by atoms with E-state index in [0.29, 0.717) is 6.54 Å². The van der Waals surface area contributed by atoms with E-state index in [2.05, 4.69) is 0 Å². The first-order chi connectivity index (χ1) is 6.59. The monoisotopic (exact) mass is 253 g/mol. The van der Waals surface area contributed by atoms with Crippen LogP contribution in [0, 0.1) is 5.41 Å². The lowest BCUT2D eigenvalue weighted by atomic mass is 9.96. The molecular formula is C9H16ClNO3S. The molecule has 0 spiro atoms. The first-order valence-electron chi connectivity index (χ1n) is 4.81.